The molecule has 5 nitrogen and oxygen atoms in total. The van der Waals surface area contributed by atoms with Gasteiger partial charge in [0.15, 0.2) is 5.82 Å². The largest absolute Gasteiger partial charge is 0.339 e. The molecule has 2 fully saturated rings. The Bertz CT molecular complexity index is 786. The van der Waals surface area contributed by atoms with Crippen LogP contribution in [0, 0.1) is 11.3 Å². The molecule has 0 saturated heterocycles. The highest BCUT2D eigenvalue weighted by atomic mass is 16.5. The third-order valence-corrected chi connectivity index (χ3v) is 6.43. The quantitative estimate of drug-likeness (QED) is 0.858. The van der Waals surface area contributed by atoms with Crippen molar-refractivity contribution in [2.45, 2.75) is 81.7 Å². The molecule has 2 atom stereocenters. The lowest BCUT2D eigenvalue weighted by Gasteiger charge is -2.36. The van der Waals surface area contributed by atoms with E-state index in [0.29, 0.717) is 18.0 Å². The smallest absolute Gasteiger partial charge is 0.229 e. The Morgan fingerprint density at radius 3 is 2.59 bits per heavy atom. The molecular weight excluding hydrogens is 336 g/mol. The number of nitrogens with zero attached hydrogens (tertiary/aromatic N) is 3. The van der Waals surface area contributed by atoms with Crippen LogP contribution < -0.4 is 5.32 Å². The Balaban J connectivity index is 1.31. The zero-order valence-electron chi connectivity index (χ0n) is 16.0. The van der Waals surface area contributed by atoms with E-state index in [0.717, 1.165) is 63.1 Å². The molecule has 2 aliphatic rings. The number of aryl methyl sites for hydroxylation is 1. The normalized spacial score (nSPS) is 30.9. The highest BCUT2D eigenvalue weighted by Crippen LogP contribution is 2.40. The van der Waals surface area contributed by atoms with E-state index in [-0.39, 0.29) is 5.41 Å². The molecule has 142 valence electrons. The van der Waals surface area contributed by atoms with Crippen molar-refractivity contribution in [1.29, 1.82) is 5.26 Å². The fourth-order valence-electron chi connectivity index (χ4n) is 4.77. The van der Waals surface area contributed by atoms with E-state index in [1.165, 1.54) is 5.56 Å². The third kappa shape index (κ3) is 3.77. The molecule has 0 bridgehead atoms. The molecule has 0 spiro atoms. The fraction of sp³-hybridized carbons (Fsp3) is 0.591. The van der Waals surface area contributed by atoms with Gasteiger partial charge in [-0.05, 0) is 50.5 Å². The van der Waals surface area contributed by atoms with Gasteiger partial charge >= 0.3 is 0 Å². The van der Waals surface area contributed by atoms with Crippen LogP contribution in [0.2, 0.25) is 0 Å². The average molecular weight is 364 g/mol. The standard InChI is InChI=1S/C22H28N4O/c1-2-20-25-21(27-26-20)16-8-9-19(14-16)24-18-10-12-22(15-23,13-11-18)17-6-4-3-5-7-17/h3-7,16,18-19,24H,2,8-14H2,1H3/t16-,18?,19+,22?/m0/s1. The van der Waals surface area contributed by atoms with Crippen molar-refractivity contribution < 1.29 is 4.52 Å². The van der Waals surface area contributed by atoms with E-state index in [2.05, 4.69) is 33.7 Å². The van der Waals surface area contributed by atoms with Crippen molar-refractivity contribution in [3.63, 3.8) is 0 Å². The molecule has 2 saturated carbocycles. The number of benzene rings is 1. The molecule has 4 rings (SSSR count). The maximum absolute atomic E-state index is 9.85. The van der Waals surface area contributed by atoms with E-state index in [4.69, 9.17) is 4.52 Å². The summed E-state index contributed by atoms with van der Waals surface area (Å²) in [6, 6.07) is 14.0. The predicted octanol–water partition coefficient (Wildman–Crippen LogP) is 4.26. The lowest BCUT2D eigenvalue weighted by atomic mass is 9.69. The molecule has 2 aromatic rings. The van der Waals surface area contributed by atoms with Crippen LogP contribution in [0.3, 0.4) is 0 Å². The topological polar surface area (TPSA) is 74.7 Å². The van der Waals surface area contributed by atoms with Crippen molar-refractivity contribution >= 4 is 0 Å². The second-order valence-corrected chi connectivity index (χ2v) is 8.11. The molecule has 5 heteroatoms. The number of nitriles is 1. The molecule has 1 aromatic heterocycles. The Morgan fingerprint density at radius 1 is 1.15 bits per heavy atom. The van der Waals surface area contributed by atoms with E-state index in [1.807, 2.05) is 25.1 Å². The van der Waals surface area contributed by atoms with Crippen LogP contribution in [-0.2, 0) is 11.8 Å². The maximum atomic E-state index is 9.85. The number of hydrogen-bond donors (Lipinski definition) is 1. The van der Waals surface area contributed by atoms with Gasteiger partial charge in [0.2, 0.25) is 5.89 Å². The summed E-state index contributed by atoms with van der Waals surface area (Å²) in [5.74, 6) is 2.01. The van der Waals surface area contributed by atoms with Crippen LogP contribution in [0.25, 0.3) is 0 Å². The Kier molecular flexibility index (Phi) is 5.27. The number of nitrogens with one attached hydrogen (secondary N) is 1. The Hall–Kier alpha value is -2.19. The highest BCUT2D eigenvalue weighted by molar-refractivity contribution is 5.33. The zero-order valence-corrected chi connectivity index (χ0v) is 16.0. The van der Waals surface area contributed by atoms with Crippen LogP contribution in [0.5, 0.6) is 0 Å². The summed E-state index contributed by atoms with van der Waals surface area (Å²) >= 11 is 0. The van der Waals surface area contributed by atoms with Crippen molar-refractivity contribution in [2.24, 2.45) is 0 Å². The van der Waals surface area contributed by atoms with Crippen LogP contribution in [0.1, 0.15) is 75.1 Å². The first kappa shape index (κ1) is 18.2. The monoisotopic (exact) mass is 364 g/mol. The van der Waals surface area contributed by atoms with Crippen molar-refractivity contribution in [3.05, 3.63) is 47.6 Å². The molecule has 2 aliphatic carbocycles. The van der Waals surface area contributed by atoms with Crippen molar-refractivity contribution in [3.8, 4) is 6.07 Å². The summed E-state index contributed by atoms with van der Waals surface area (Å²) in [5, 5.41) is 17.7. The second-order valence-electron chi connectivity index (χ2n) is 8.11. The molecule has 1 heterocycles. The van der Waals surface area contributed by atoms with E-state index in [1.54, 1.807) is 0 Å². The molecule has 0 aliphatic heterocycles. The lowest BCUT2D eigenvalue weighted by Crippen LogP contribution is -2.42. The SMILES string of the molecule is CCc1noc([C@H]2CC[C@@H](NC3CCC(C#N)(c4ccccc4)CC3)C2)n1. The molecule has 27 heavy (non-hydrogen) atoms. The highest BCUT2D eigenvalue weighted by Gasteiger charge is 2.38. The molecule has 0 unspecified atom stereocenters. The van der Waals surface area contributed by atoms with Crippen LogP contribution in [-0.4, -0.2) is 22.2 Å². The number of hydrogen-bond acceptors (Lipinski definition) is 5. The van der Waals surface area contributed by atoms with E-state index < -0.39 is 0 Å². The van der Waals surface area contributed by atoms with Gasteiger partial charge in [0.25, 0.3) is 0 Å². The van der Waals surface area contributed by atoms with Gasteiger partial charge in [-0.25, -0.2) is 0 Å². The minimum absolute atomic E-state index is 0.308. The molecule has 1 N–H and O–H groups in total. The van der Waals surface area contributed by atoms with Crippen LogP contribution in [0.15, 0.2) is 34.9 Å². The van der Waals surface area contributed by atoms with Gasteiger partial charge in [0, 0.05) is 24.4 Å². The zero-order chi connectivity index (χ0) is 18.7. The Morgan fingerprint density at radius 2 is 1.93 bits per heavy atom. The van der Waals surface area contributed by atoms with Gasteiger partial charge < -0.3 is 9.84 Å². The second kappa shape index (κ2) is 7.82. The van der Waals surface area contributed by atoms with E-state index >= 15 is 0 Å². The number of rotatable bonds is 5. The predicted molar refractivity (Wildman–Crippen MR) is 103 cm³/mol. The summed E-state index contributed by atoms with van der Waals surface area (Å²) in [6.07, 6.45) is 8.16. The molecule has 0 amide bonds. The summed E-state index contributed by atoms with van der Waals surface area (Å²) in [4.78, 5) is 4.51. The van der Waals surface area contributed by atoms with Crippen molar-refractivity contribution in [1.82, 2.24) is 15.5 Å². The first-order valence-electron chi connectivity index (χ1n) is 10.3. The van der Waals surface area contributed by atoms with Gasteiger partial charge in [-0.1, -0.05) is 42.4 Å². The summed E-state index contributed by atoms with van der Waals surface area (Å²) in [6.45, 7) is 2.05. The third-order valence-electron chi connectivity index (χ3n) is 6.43. The first-order chi connectivity index (χ1) is 13.2. The Labute approximate surface area is 161 Å². The summed E-state index contributed by atoms with van der Waals surface area (Å²) < 4.78 is 5.44. The fourth-order valence-corrected chi connectivity index (χ4v) is 4.77. The van der Waals surface area contributed by atoms with Gasteiger partial charge in [0.05, 0.1) is 11.5 Å². The minimum Gasteiger partial charge on any atom is -0.339 e. The first-order valence-corrected chi connectivity index (χ1v) is 10.3. The van der Waals surface area contributed by atoms with Gasteiger partial charge in [-0.3, -0.25) is 0 Å². The van der Waals surface area contributed by atoms with Gasteiger partial charge in [-0.2, -0.15) is 10.2 Å². The number of aromatic nitrogens is 2. The maximum Gasteiger partial charge on any atom is 0.229 e. The van der Waals surface area contributed by atoms with Gasteiger partial charge in [0.1, 0.15) is 0 Å². The van der Waals surface area contributed by atoms with Gasteiger partial charge in [-0.15, -0.1) is 0 Å². The van der Waals surface area contributed by atoms with Crippen molar-refractivity contribution in [2.75, 3.05) is 0 Å². The summed E-state index contributed by atoms with van der Waals surface area (Å²) in [7, 11) is 0. The molecule has 1 aromatic carbocycles. The lowest BCUT2D eigenvalue weighted by molar-refractivity contribution is 0.274. The van der Waals surface area contributed by atoms with Crippen LogP contribution in [0.4, 0.5) is 0 Å². The minimum atomic E-state index is -0.308. The average Bonchev–Trinajstić information content (AvgIpc) is 3.39. The molecular formula is C22H28N4O. The summed E-state index contributed by atoms with van der Waals surface area (Å²) in [5.41, 5.74) is 0.868. The molecule has 0 radical (unpaired) electrons. The van der Waals surface area contributed by atoms with Crippen LogP contribution >= 0.6 is 0 Å². The van der Waals surface area contributed by atoms with E-state index in [9.17, 15) is 5.26 Å².